The van der Waals surface area contributed by atoms with Gasteiger partial charge in [0.2, 0.25) is 0 Å². The second kappa shape index (κ2) is 10.2. The molecule has 2 aliphatic rings. The highest BCUT2D eigenvalue weighted by molar-refractivity contribution is 5.80. The first kappa shape index (κ1) is 21.0. The van der Waals surface area contributed by atoms with Gasteiger partial charge in [-0.2, -0.15) is 0 Å². The zero-order chi connectivity index (χ0) is 19.9. The van der Waals surface area contributed by atoms with Crippen molar-refractivity contribution in [1.82, 2.24) is 15.5 Å². The molecule has 1 aliphatic heterocycles. The van der Waals surface area contributed by atoms with Crippen LogP contribution in [0.25, 0.3) is 0 Å². The van der Waals surface area contributed by atoms with Crippen LogP contribution in [0.5, 0.6) is 0 Å². The Morgan fingerprint density at radius 1 is 1.14 bits per heavy atom. The second-order valence-corrected chi connectivity index (χ2v) is 8.19. The van der Waals surface area contributed by atoms with E-state index in [1.54, 1.807) is 6.07 Å². The zero-order valence-corrected chi connectivity index (χ0v) is 17.2. The van der Waals surface area contributed by atoms with E-state index in [1.807, 2.05) is 6.92 Å². The Balaban J connectivity index is 1.51. The second-order valence-electron chi connectivity index (χ2n) is 8.19. The van der Waals surface area contributed by atoms with Crippen LogP contribution < -0.4 is 10.6 Å². The molecule has 1 heterocycles. The predicted molar refractivity (Wildman–Crippen MR) is 111 cm³/mol. The quantitative estimate of drug-likeness (QED) is 0.567. The summed E-state index contributed by atoms with van der Waals surface area (Å²) in [5, 5.41) is 6.89. The smallest absolute Gasteiger partial charge is 0.191 e. The molecule has 0 amide bonds. The third kappa shape index (κ3) is 5.66. The lowest BCUT2D eigenvalue weighted by molar-refractivity contribution is 0.150. The molecule has 0 aromatic heterocycles. The Labute approximate surface area is 167 Å². The van der Waals surface area contributed by atoms with Crippen LogP contribution in [0.15, 0.2) is 23.2 Å². The molecule has 2 N–H and O–H groups in total. The van der Waals surface area contributed by atoms with Gasteiger partial charge in [0.05, 0.1) is 0 Å². The summed E-state index contributed by atoms with van der Waals surface area (Å²) in [7, 11) is 0. The molecular weight excluding hydrogens is 358 g/mol. The monoisotopic (exact) mass is 392 g/mol. The van der Waals surface area contributed by atoms with E-state index in [4.69, 9.17) is 4.99 Å². The first-order valence-corrected chi connectivity index (χ1v) is 10.8. The topological polar surface area (TPSA) is 39.7 Å². The highest BCUT2D eigenvalue weighted by Gasteiger charge is 2.27. The Kier molecular flexibility index (Phi) is 7.65. The van der Waals surface area contributed by atoms with E-state index in [1.165, 1.54) is 37.8 Å². The summed E-state index contributed by atoms with van der Waals surface area (Å²) in [6.07, 6.45) is 7.78. The van der Waals surface area contributed by atoms with Gasteiger partial charge in [-0.1, -0.05) is 25.8 Å². The van der Waals surface area contributed by atoms with Gasteiger partial charge in [-0.3, -0.25) is 4.99 Å². The molecule has 1 aromatic carbocycles. The fourth-order valence-electron chi connectivity index (χ4n) is 4.34. The maximum Gasteiger partial charge on any atom is 0.191 e. The fourth-order valence-corrected chi connectivity index (χ4v) is 4.34. The molecule has 0 bridgehead atoms. The lowest BCUT2D eigenvalue weighted by Crippen LogP contribution is -2.50. The van der Waals surface area contributed by atoms with Crippen molar-refractivity contribution in [3.8, 4) is 0 Å². The molecular formula is C22H34F2N4. The SMILES string of the molecule is CCNC(=NCC(C)c1ccc(F)c(F)c1)NC1CCN(C2CCCC2)CC1. The molecule has 1 unspecified atom stereocenters. The third-order valence-electron chi connectivity index (χ3n) is 6.09. The average Bonchev–Trinajstić information content (AvgIpc) is 3.23. The third-order valence-corrected chi connectivity index (χ3v) is 6.09. The largest absolute Gasteiger partial charge is 0.357 e. The van der Waals surface area contributed by atoms with Crippen LogP contribution >= 0.6 is 0 Å². The van der Waals surface area contributed by atoms with E-state index < -0.39 is 11.6 Å². The summed E-state index contributed by atoms with van der Waals surface area (Å²) in [6.45, 7) is 7.69. The van der Waals surface area contributed by atoms with E-state index in [-0.39, 0.29) is 5.92 Å². The van der Waals surface area contributed by atoms with Crippen molar-refractivity contribution in [2.24, 2.45) is 4.99 Å². The van der Waals surface area contributed by atoms with Crippen LogP contribution in [-0.4, -0.2) is 49.1 Å². The van der Waals surface area contributed by atoms with E-state index in [9.17, 15) is 8.78 Å². The predicted octanol–water partition coefficient (Wildman–Crippen LogP) is 4.03. The number of piperidine rings is 1. The summed E-state index contributed by atoms with van der Waals surface area (Å²) in [5.41, 5.74) is 0.767. The molecule has 0 spiro atoms. The van der Waals surface area contributed by atoms with Crippen LogP contribution in [0.1, 0.15) is 63.9 Å². The number of aliphatic imine (C=N–C) groups is 1. The summed E-state index contributed by atoms with van der Waals surface area (Å²) < 4.78 is 26.6. The minimum atomic E-state index is -0.807. The minimum Gasteiger partial charge on any atom is -0.357 e. The lowest BCUT2D eigenvalue weighted by Gasteiger charge is -2.36. The van der Waals surface area contributed by atoms with Gasteiger partial charge in [-0.05, 0) is 50.3 Å². The standard InChI is InChI=1S/C22H34F2N4/c1-3-25-22(26-15-16(2)17-8-9-20(23)21(24)14-17)27-18-10-12-28(13-11-18)19-6-4-5-7-19/h8-9,14,16,18-19H,3-7,10-13,15H2,1-2H3,(H2,25,26,27). The molecule has 1 aliphatic carbocycles. The van der Waals surface area contributed by atoms with Crippen LogP contribution in [0, 0.1) is 11.6 Å². The van der Waals surface area contributed by atoms with Crippen molar-refractivity contribution in [3.05, 3.63) is 35.4 Å². The number of rotatable bonds is 6. The molecule has 6 heteroatoms. The van der Waals surface area contributed by atoms with E-state index >= 15 is 0 Å². The Morgan fingerprint density at radius 3 is 2.50 bits per heavy atom. The molecule has 1 aromatic rings. The van der Waals surface area contributed by atoms with Gasteiger partial charge >= 0.3 is 0 Å². The Hall–Kier alpha value is -1.69. The van der Waals surface area contributed by atoms with Crippen LogP contribution in [0.4, 0.5) is 8.78 Å². The van der Waals surface area contributed by atoms with Gasteiger partial charge in [0.1, 0.15) is 0 Å². The van der Waals surface area contributed by atoms with Crippen LogP contribution in [-0.2, 0) is 0 Å². The number of hydrogen-bond donors (Lipinski definition) is 2. The van der Waals surface area contributed by atoms with Crippen molar-refractivity contribution >= 4 is 5.96 Å². The first-order chi connectivity index (χ1) is 13.6. The lowest BCUT2D eigenvalue weighted by atomic mass is 10.0. The molecule has 2 fully saturated rings. The van der Waals surface area contributed by atoms with Crippen molar-refractivity contribution in [2.75, 3.05) is 26.2 Å². The molecule has 0 radical (unpaired) electrons. The maximum atomic E-state index is 13.5. The number of likely N-dealkylation sites (tertiary alicyclic amines) is 1. The van der Waals surface area contributed by atoms with Crippen LogP contribution in [0.3, 0.4) is 0 Å². The van der Waals surface area contributed by atoms with Gasteiger partial charge in [0.25, 0.3) is 0 Å². The maximum absolute atomic E-state index is 13.5. The molecule has 3 rings (SSSR count). The van der Waals surface area contributed by atoms with Crippen molar-refractivity contribution in [3.63, 3.8) is 0 Å². The van der Waals surface area contributed by atoms with Gasteiger partial charge in [-0.25, -0.2) is 8.78 Å². The van der Waals surface area contributed by atoms with Gasteiger partial charge in [0.15, 0.2) is 17.6 Å². The molecule has 4 nitrogen and oxygen atoms in total. The molecule has 28 heavy (non-hydrogen) atoms. The Bertz CT molecular complexity index is 650. The fraction of sp³-hybridized carbons (Fsp3) is 0.682. The van der Waals surface area contributed by atoms with E-state index in [0.717, 1.165) is 50.0 Å². The highest BCUT2D eigenvalue weighted by Crippen LogP contribution is 2.26. The number of nitrogens with zero attached hydrogens (tertiary/aromatic N) is 2. The molecule has 1 saturated carbocycles. The van der Waals surface area contributed by atoms with Crippen molar-refractivity contribution < 1.29 is 8.78 Å². The van der Waals surface area contributed by atoms with Crippen molar-refractivity contribution in [1.29, 1.82) is 0 Å². The normalized spacial score (nSPS) is 21.1. The number of benzene rings is 1. The van der Waals surface area contributed by atoms with Gasteiger partial charge < -0.3 is 15.5 Å². The molecule has 1 atom stereocenters. The average molecular weight is 393 g/mol. The minimum absolute atomic E-state index is 0.0229. The number of halogens is 2. The summed E-state index contributed by atoms with van der Waals surface area (Å²) in [6, 6.07) is 5.34. The van der Waals surface area contributed by atoms with Crippen LogP contribution in [0.2, 0.25) is 0 Å². The van der Waals surface area contributed by atoms with Crippen molar-refractivity contribution in [2.45, 2.75) is 70.4 Å². The first-order valence-electron chi connectivity index (χ1n) is 10.8. The zero-order valence-electron chi connectivity index (χ0n) is 17.2. The number of hydrogen-bond acceptors (Lipinski definition) is 2. The highest BCUT2D eigenvalue weighted by atomic mass is 19.2. The van der Waals surface area contributed by atoms with Gasteiger partial charge in [-0.15, -0.1) is 0 Å². The Morgan fingerprint density at radius 2 is 1.86 bits per heavy atom. The van der Waals surface area contributed by atoms with E-state index in [0.29, 0.717) is 12.6 Å². The number of guanidine groups is 1. The van der Waals surface area contributed by atoms with Gasteiger partial charge in [0, 0.05) is 44.2 Å². The summed E-state index contributed by atoms with van der Waals surface area (Å²) >= 11 is 0. The molecule has 156 valence electrons. The molecule has 1 saturated heterocycles. The number of nitrogens with one attached hydrogen (secondary N) is 2. The summed E-state index contributed by atoms with van der Waals surface area (Å²) in [4.78, 5) is 7.36. The summed E-state index contributed by atoms with van der Waals surface area (Å²) in [5.74, 6) is -0.767. The van der Waals surface area contributed by atoms with E-state index in [2.05, 4.69) is 22.5 Å².